The lowest BCUT2D eigenvalue weighted by molar-refractivity contribution is -0.160. The Bertz CT molecular complexity index is 1490. The topological polar surface area (TPSA) is 59.0 Å². The van der Waals surface area contributed by atoms with Crippen molar-refractivity contribution in [2.45, 2.75) is 85.7 Å². The highest BCUT2D eigenvalue weighted by Gasteiger charge is 2.36. The lowest BCUT2D eigenvalue weighted by Crippen LogP contribution is -2.29. The quantitative estimate of drug-likeness (QED) is 0.349. The third-order valence-corrected chi connectivity index (χ3v) is 8.04. The van der Waals surface area contributed by atoms with Gasteiger partial charge in [-0.1, -0.05) is 12.1 Å². The van der Waals surface area contributed by atoms with E-state index in [4.69, 9.17) is 9.47 Å². The van der Waals surface area contributed by atoms with Gasteiger partial charge in [0.2, 0.25) is 0 Å². The van der Waals surface area contributed by atoms with Crippen LogP contribution >= 0.6 is 0 Å². The summed E-state index contributed by atoms with van der Waals surface area (Å²) in [7, 11) is 0. The molecule has 5 nitrogen and oxygen atoms in total. The summed E-state index contributed by atoms with van der Waals surface area (Å²) in [6.07, 6.45) is 0.254. The third-order valence-electron chi connectivity index (χ3n) is 8.04. The molecule has 7 heteroatoms. The Hall–Kier alpha value is -3.29. The molecule has 0 aromatic heterocycles. The number of benzene rings is 3. The van der Waals surface area contributed by atoms with Gasteiger partial charge < -0.3 is 14.6 Å². The van der Waals surface area contributed by atoms with E-state index >= 15 is 4.39 Å². The van der Waals surface area contributed by atoms with E-state index in [1.165, 1.54) is 12.1 Å². The van der Waals surface area contributed by atoms with Crippen molar-refractivity contribution in [1.29, 1.82) is 0 Å². The van der Waals surface area contributed by atoms with Gasteiger partial charge in [-0.25, -0.2) is 13.6 Å². The number of ether oxygens (including phenoxy) is 2. The fourth-order valence-electron chi connectivity index (χ4n) is 6.27. The average Bonchev–Trinajstić information content (AvgIpc) is 3.31. The summed E-state index contributed by atoms with van der Waals surface area (Å²) in [6, 6.07) is 8.08. The summed E-state index contributed by atoms with van der Waals surface area (Å²) < 4.78 is 41.3. The van der Waals surface area contributed by atoms with Crippen molar-refractivity contribution in [2.24, 2.45) is 0 Å². The summed E-state index contributed by atoms with van der Waals surface area (Å²) in [4.78, 5) is 15.0. The zero-order valence-electron chi connectivity index (χ0n) is 24.1. The van der Waals surface area contributed by atoms with Crippen LogP contribution in [-0.2, 0) is 35.6 Å². The highest BCUT2D eigenvalue weighted by atomic mass is 19.1. The largest absolute Gasteiger partial charge is 0.490 e. The number of aliphatic carboxylic acids is 1. The Labute approximate surface area is 234 Å². The molecular formula is C33H37F2NO4. The lowest BCUT2D eigenvalue weighted by Gasteiger charge is -2.31. The van der Waals surface area contributed by atoms with E-state index in [1.807, 2.05) is 47.6 Å². The minimum atomic E-state index is -1.24. The Balaban J connectivity index is 1.72. The smallest absolute Gasteiger partial charge is 0.337 e. The molecule has 3 aromatic carbocycles. The maximum Gasteiger partial charge on any atom is 0.337 e. The van der Waals surface area contributed by atoms with Crippen molar-refractivity contribution in [2.75, 3.05) is 6.61 Å². The molecule has 0 saturated carbocycles. The number of carboxylic acid groups (broad SMARTS) is 1. The molecule has 212 valence electrons. The number of carbonyl (C=O) groups is 1. The standard InChI is InChI=1S/C33H37F2NO4/c1-18-23-11-8-12-39-30(23)27(35)14-24(18)28-19(2)25-16-36(15-21-9-7-10-22(34)13-21)17-26(25)20(3)29(28)31(32(37)38)40-33(4,5)6/h7,9-10,13-14,31H,8,11-12,15-17H2,1-6H3,(H,37,38). The Morgan fingerprint density at radius 2 is 1.75 bits per heavy atom. The number of hydrogen-bond donors (Lipinski definition) is 1. The fraction of sp³-hybridized carbons (Fsp3) is 0.424. The first-order valence-corrected chi connectivity index (χ1v) is 13.8. The third kappa shape index (κ3) is 5.25. The average molecular weight is 550 g/mol. The second-order valence-corrected chi connectivity index (χ2v) is 12.0. The molecule has 0 bridgehead atoms. The van der Waals surface area contributed by atoms with Gasteiger partial charge in [-0.3, -0.25) is 4.90 Å². The van der Waals surface area contributed by atoms with Crippen molar-refractivity contribution < 1.29 is 28.2 Å². The van der Waals surface area contributed by atoms with E-state index in [0.717, 1.165) is 45.4 Å². The molecule has 2 aliphatic heterocycles. The van der Waals surface area contributed by atoms with Gasteiger partial charge in [-0.15, -0.1) is 0 Å². The van der Waals surface area contributed by atoms with Gasteiger partial charge in [0.15, 0.2) is 17.7 Å². The van der Waals surface area contributed by atoms with Crippen LogP contribution in [0.1, 0.15) is 77.8 Å². The fourth-order valence-corrected chi connectivity index (χ4v) is 6.27. The second-order valence-electron chi connectivity index (χ2n) is 12.0. The molecule has 0 amide bonds. The molecule has 0 fully saturated rings. The molecule has 0 spiro atoms. The highest BCUT2D eigenvalue weighted by Crippen LogP contribution is 2.47. The van der Waals surface area contributed by atoms with Gasteiger partial charge in [0.25, 0.3) is 0 Å². The highest BCUT2D eigenvalue weighted by molar-refractivity contribution is 5.85. The molecule has 1 unspecified atom stereocenters. The van der Waals surface area contributed by atoms with Crippen LogP contribution < -0.4 is 4.74 Å². The summed E-state index contributed by atoms with van der Waals surface area (Å²) >= 11 is 0. The Morgan fingerprint density at radius 1 is 1.05 bits per heavy atom. The van der Waals surface area contributed by atoms with Crippen LogP contribution in [0.4, 0.5) is 8.78 Å². The van der Waals surface area contributed by atoms with Crippen molar-refractivity contribution in [3.8, 4) is 16.9 Å². The Morgan fingerprint density at radius 3 is 2.40 bits per heavy atom. The number of hydrogen-bond acceptors (Lipinski definition) is 4. The predicted molar refractivity (Wildman–Crippen MR) is 150 cm³/mol. The number of nitrogens with zero attached hydrogens (tertiary/aromatic N) is 1. The predicted octanol–water partition coefficient (Wildman–Crippen LogP) is 7.34. The lowest BCUT2D eigenvalue weighted by atomic mass is 9.81. The van der Waals surface area contributed by atoms with Crippen LogP contribution in [0, 0.1) is 32.4 Å². The first-order chi connectivity index (χ1) is 18.9. The Kier molecular flexibility index (Phi) is 7.48. The van der Waals surface area contributed by atoms with Crippen LogP contribution in [0.3, 0.4) is 0 Å². The molecule has 2 heterocycles. The van der Waals surface area contributed by atoms with Crippen molar-refractivity contribution in [3.05, 3.63) is 86.5 Å². The molecule has 0 saturated heterocycles. The van der Waals surface area contributed by atoms with Crippen LogP contribution in [0.5, 0.6) is 5.75 Å². The summed E-state index contributed by atoms with van der Waals surface area (Å²) in [5, 5.41) is 10.4. The van der Waals surface area contributed by atoms with E-state index < -0.39 is 23.5 Å². The molecule has 3 aromatic rings. The molecule has 0 radical (unpaired) electrons. The van der Waals surface area contributed by atoms with Gasteiger partial charge in [-0.05, 0) is 117 Å². The minimum absolute atomic E-state index is 0.274. The maximum atomic E-state index is 15.5. The zero-order chi connectivity index (χ0) is 28.9. The van der Waals surface area contributed by atoms with Crippen LogP contribution in [0.25, 0.3) is 11.1 Å². The molecule has 2 aliphatic rings. The SMILES string of the molecule is Cc1c(-c2c(C)c3c(c(C)c2C(OC(C)(C)C)C(=O)O)CN(Cc2cccc(F)c2)C3)cc(F)c2c1CCCO2. The second kappa shape index (κ2) is 10.6. The number of rotatable bonds is 6. The summed E-state index contributed by atoms with van der Waals surface area (Å²) in [6.45, 7) is 13.7. The van der Waals surface area contributed by atoms with Gasteiger partial charge in [0, 0.05) is 30.8 Å². The first-order valence-electron chi connectivity index (χ1n) is 13.8. The van der Waals surface area contributed by atoms with E-state index in [0.29, 0.717) is 55.1 Å². The van der Waals surface area contributed by atoms with Crippen molar-refractivity contribution in [1.82, 2.24) is 4.90 Å². The monoisotopic (exact) mass is 549 g/mol. The van der Waals surface area contributed by atoms with Gasteiger partial charge in [0.1, 0.15) is 5.82 Å². The van der Waals surface area contributed by atoms with E-state index in [-0.39, 0.29) is 5.82 Å². The van der Waals surface area contributed by atoms with Gasteiger partial charge >= 0.3 is 5.97 Å². The summed E-state index contributed by atoms with van der Waals surface area (Å²) in [5.41, 5.74) is 7.72. The molecule has 40 heavy (non-hydrogen) atoms. The van der Waals surface area contributed by atoms with Gasteiger partial charge in [0.05, 0.1) is 12.2 Å². The molecular weight excluding hydrogens is 512 g/mol. The van der Waals surface area contributed by atoms with E-state index in [1.54, 1.807) is 12.1 Å². The van der Waals surface area contributed by atoms with E-state index in [2.05, 4.69) is 4.90 Å². The number of carboxylic acids is 1. The van der Waals surface area contributed by atoms with Crippen molar-refractivity contribution in [3.63, 3.8) is 0 Å². The normalized spacial score (nSPS) is 15.9. The zero-order valence-corrected chi connectivity index (χ0v) is 24.1. The molecule has 5 rings (SSSR count). The van der Waals surface area contributed by atoms with Crippen LogP contribution in [0.15, 0.2) is 30.3 Å². The van der Waals surface area contributed by atoms with Crippen molar-refractivity contribution >= 4 is 5.97 Å². The first kappa shape index (κ1) is 28.2. The molecule has 1 N–H and O–H groups in total. The van der Waals surface area contributed by atoms with Crippen LogP contribution in [0.2, 0.25) is 0 Å². The molecule has 1 atom stereocenters. The minimum Gasteiger partial charge on any atom is -0.490 e. The maximum absolute atomic E-state index is 15.5. The van der Waals surface area contributed by atoms with E-state index in [9.17, 15) is 14.3 Å². The summed E-state index contributed by atoms with van der Waals surface area (Å²) in [5.74, 6) is -1.50. The number of fused-ring (bicyclic) bond motifs is 2. The van der Waals surface area contributed by atoms with Gasteiger partial charge in [-0.2, -0.15) is 0 Å². The number of halogens is 2. The van der Waals surface area contributed by atoms with Crippen LogP contribution in [-0.4, -0.2) is 28.2 Å². The molecule has 0 aliphatic carbocycles.